The van der Waals surface area contributed by atoms with Crippen molar-refractivity contribution in [3.8, 4) is 0 Å². The van der Waals surface area contributed by atoms with Gasteiger partial charge in [0.05, 0.1) is 0 Å². The molecule has 0 saturated carbocycles. The van der Waals surface area contributed by atoms with Gasteiger partial charge in [0.1, 0.15) is 0 Å². The molecule has 1 N–H and O–H groups in total. The first-order chi connectivity index (χ1) is 8.27. The average molecular weight is 254 g/mol. The van der Waals surface area contributed by atoms with E-state index in [-0.39, 0.29) is 0 Å². The summed E-state index contributed by atoms with van der Waals surface area (Å²) in [7, 11) is 0. The number of hydrogen-bond acceptors (Lipinski definition) is 2. The monoisotopic (exact) mass is 254 g/mol. The summed E-state index contributed by atoms with van der Waals surface area (Å²) in [4.78, 5) is 2.70. The Morgan fingerprint density at radius 1 is 1.28 bits per heavy atom. The third-order valence-electron chi connectivity index (χ3n) is 5.23. The number of piperazine rings is 1. The highest BCUT2D eigenvalue weighted by Crippen LogP contribution is 2.29. The molecule has 1 saturated heterocycles. The van der Waals surface area contributed by atoms with Gasteiger partial charge in [0.15, 0.2) is 0 Å². The second-order valence-electron chi connectivity index (χ2n) is 7.32. The minimum absolute atomic E-state index is 0.408. The van der Waals surface area contributed by atoms with E-state index in [1.54, 1.807) is 0 Å². The maximum Gasteiger partial charge on any atom is 0.0221 e. The molecule has 18 heavy (non-hydrogen) atoms. The molecule has 3 unspecified atom stereocenters. The van der Waals surface area contributed by atoms with Crippen LogP contribution in [0.25, 0.3) is 0 Å². The summed E-state index contributed by atoms with van der Waals surface area (Å²) in [5, 5.41) is 3.72. The van der Waals surface area contributed by atoms with E-state index in [9.17, 15) is 0 Å². The van der Waals surface area contributed by atoms with Crippen molar-refractivity contribution in [2.75, 3.05) is 19.6 Å². The van der Waals surface area contributed by atoms with Crippen LogP contribution in [0.2, 0.25) is 0 Å². The van der Waals surface area contributed by atoms with E-state index in [0.717, 1.165) is 18.4 Å². The lowest BCUT2D eigenvalue weighted by Gasteiger charge is -2.45. The van der Waals surface area contributed by atoms with Gasteiger partial charge in [-0.05, 0) is 24.2 Å². The van der Waals surface area contributed by atoms with E-state index < -0.39 is 0 Å². The maximum absolute atomic E-state index is 3.72. The quantitative estimate of drug-likeness (QED) is 0.809. The molecule has 1 heterocycles. The fraction of sp³-hybridized carbons (Fsp3) is 1.00. The van der Waals surface area contributed by atoms with Crippen LogP contribution in [0.5, 0.6) is 0 Å². The molecule has 0 bridgehead atoms. The number of rotatable bonds is 5. The summed E-state index contributed by atoms with van der Waals surface area (Å²) in [5.74, 6) is 1.52. The van der Waals surface area contributed by atoms with Gasteiger partial charge in [0.2, 0.25) is 0 Å². The van der Waals surface area contributed by atoms with Crippen LogP contribution in [0.4, 0.5) is 0 Å². The molecule has 0 aromatic rings. The number of nitrogens with zero attached hydrogens (tertiary/aromatic N) is 1. The largest absolute Gasteiger partial charge is 0.311 e. The van der Waals surface area contributed by atoms with Crippen LogP contribution in [-0.4, -0.2) is 36.6 Å². The lowest BCUT2D eigenvalue weighted by molar-refractivity contribution is 0.0598. The van der Waals surface area contributed by atoms with E-state index in [2.05, 4.69) is 58.7 Å². The van der Waals surface area contributed by atoms with Crippen molar-refractivity contribution in [1.82, 2.24) is 10.2 Å². The molecule has 0 radical (unpaired) electrons. The highest BCUT2D eigenvalue weighted by Gasteiger charge is 2.32. The first kappa shape index (κ1) is 16.0. The van der Waals surface area contributed by atoms with Gasteiger partial charge < -0.3 is 5.32 Å². The second-order valence-corrected chi connectivity index (χ2v) is 7.32. The van der Waals surface area contributed by atoms with E-state index in [1.165, 1.54) is 19.5 Å². The smallest absolute Gasteiger partial charge is 0.0221 e. The van der Waals surface area contributed by atoms with Crippen LogP contribution in [0.1, 0.15) is 54.9 Å². The van der Waals surface area contributed by atoms with Gasteiger partial charge in [-0.3, -0.25) is 4.90 Å². The zero-order chi connectivity index (χ0) is 13.9. The number of nitrogens with one attached hydrogen (secondary N) is 1. The Hall–Kier alpha value is -0.0800. The Bertz CT molecular complexity index is 247. The summed E-state index contributed by atoms with van der Waals surface area (Å²) in [6.45, 7) is 20.1. The van der Waals surface area contributed by atoms with Crippen molar-refractivity contribution in [1.29, 1.82) is 0 Å². The van der Waals surface area contributed by atoms with Gasteiger partial charge in [-0.2, -0.15) is 0 Å². The molecule has 0 aromatic heterocycles. The Balaban J connectivity index is 2.63. The second kappa shape index (κ2) is 6.38. The van der Waals surface area contributed by atoms with Gasteiger partial charge in [-0.15, -0.1) is 0 Å². The van der Waals surface area contributed by atoms with E-state index in [0.29, 0.717) is 17.5 Å². The first-order valence-electron chi connectivity index (χ1n) is 7.75. The van der Waals surface area contributed by atoms with Gasteiger partial charge in [-0.1, -0.05) is 48.0 Å². The Morgan fingerprint density at radius 3 is 2.39 bits per heavy atom. The Labute approximate surface area is 115 Å². The van der Waals surface area contributed by atoms with Crippen LogP contribution in [0.15, 0.2) is 0 Å². The van der Waals surface area contributed by atoms with Gasteiger partial charge >= 0.3 is 0 Å². The molecule has 3 atom stereocenters. The van der Waals surface area contributed by atoms with Crippen molar-refractivity contribution in [3.63, 3.8) is 0 Å². The third kappa shape index (κ3) is 3.96. The molecule has 2 heteroatoms. The lowest BCUT2D eigenvalue weighted by Crippen LogP contribution is -2.59. The molecule has 1 fully saturated rings. The Morgan fingerprint density at radius 2 is 1.89 bits per heavy atom. The third-order valence-corrected chi connectivity index (χ3v) is 5.23. The predicted molar refractivity (Wildman–Crippen MR) is 80.9 cm³/mol. The maximum atomic E-state index is 3.72. The Kier molecular flexibility index (Phi) is 5.67. The summed E-state index contributed by atoms with van der Waals surface area (Å²) in [6.07, 6.45) is 1.27. The summed E-state index contributed by atoms with van der Waals surface area (Å²) >= 11 is 0. The van der Waals surface area contributed by atoms with Gasteiger partial charge in [-0.25, -0.2) is 0 Å². The van der Waals surface area contributed by atoms with E-state index in [1.807, 2.05) is 0 Å². The van der Waals surface area contributed by atoms with Crippen LogP contribution in [0.3, 0.4) is 0 Å². The molecular weight excluding hydrogens is 220 g/mol. The molecule has 108 valence electrons. The van der Waals surface area contributed by atoms with Crippen LogP contribution < -0.4 is 5.32 Å². The van der Waals surface area contributed by atoms with Gasteiger partial charge in [0, 0.05) is 31.7 Å². The van der Waals surface area contributed by atoms with Crippen molar-refractivity contribution in [2.45, 2.75) is 67.0 Å². The van der Waals surface area contributed by atoms with Crippen molar-refractivity contribution in [2.24, 2.45) is 17.3 Å². The highest BCUT2D eigenvalue weighted by atomic mass is 15.2. The fourth-order valence-electron chi connectivity index (χ4n) is 2.54. The standard InChI is InChI=1S/C16H34N2/c1-8-13(4)15-10-18(14(5)9-17-15)11-16(6,7)12(2)3/h12-15,17H,8-11H2,1-7H3. The molecule has 1 aliphatic rings. The molecule has 1 aliphatic heterocycles. The fourth-order valence-corrected chi connectivity index (χ4v) is 2.54. The predicted octanol–water partition coefficient (Wildman–Crippen LogP) is 3.38. The average Bonchev–Trinajstić information content (AvgIpc) is 2.30. The molecule has 2 nitrogen and oxygen atoms in total. The van der Waals surface area contributed by atoms with Crippen molar-refractivity contribution >= 4 is 0 Å². The minimum Gasteiger partial charge on any atom is -0.311 e. The van der Waals surface area contributed by atoms with Gasteiger partial charge in [0.25, 0.3) is 0 Å². The van der Waals surface area contributed by atoms with Crippen molar-refractivity contribution in [3.05, 3.63) is 0 Å². The molecular formula is C16H34N2. The molecule has 0 aliphatic carbocycles. The molecule has 0 amide bonds. The molecule has 1 rings (SSSR count). The topological polar surface area (TPSA) is 15.3 Å². The molecule has 0 aromatic carbocycles. The van der Waals surface area contributed by atoms with E-state index >= 15 is 0 Å². The first-order valence-corrected chi connectivity index (χ1v) is 7.75. The highest BCUT2D eigenvalue weighted by molar-refractivity contribution is 4.89. The zero-order valence-corrected chi connectivity index (χ0v) is 13.6. The SMILES string of the molecule is CCC(C)C1CN(CC(C)(C)C(C)C)C(C)CN1. The van der Waals surface area contributed by atoms with Crippen LogP contribution in [-0.2, 0) is 0 Å². The zero-order valence-electron chi connectivity index (χ0n) is 13.6. The van der Waals surface area contributed by atoms with E-state index in [4.69, 9.17) is 0 Å². The normalized spacial score (nSPS) is 28.7. The minimum atomic E-state index is 0.408. The lowest BCUT2D eigenvalue weighted by atomic mass is 9.80. The van der Waals surface area contributed by atoms with Crippen molar-refractivity contribution < 1.29 is 0 Å². The summed E-state index contributed by atoms with van der Waals surface area (Å²) in [6, 6.07) is 1.34. The van der Waals surface area contributed by atoms with Crippen LogP contribution >= 0.6 is 0 Å². The summed E-state index contributed by atoms with van der Waals surface area (Å²) < 4.78 is 0. The van der Waals surface area contributed by atoms with Crippen LogP contribution in [0, 0.1) is 17.3 Å². The molecule has 0 spiro atoms. The summed E-state index contributed by atoms with van der Waals surface area (Å²) in [5.41, 5.74) is 0.408. The number of hydrogen-bond donors (Lipinski definition) is 1.